The second-order valence-electron chi connectivity index (χ2n) is 5.35. The van der Waals surface area contributed by atoms with Crippen LogP contribution >= 0.6 is 15.9 Å². The maximum atomic E-state index is 6.18. The van der Waals surface area contributed by atoms with Gasteiger partial charge in [-0.05, 0) is 37.0 Å². The molecule has 2 N–H and O–H groups in total. The fourth-order valence-corrected chi connectivity index (χ4v) is 3.15. The maximum absolute atomic E-state index is 6.18. The molecule has 3 rings (SSSR count). The van der Waals surface area contributed by atoms with Crippen molar-refractivity contribution in [3.63, 3.8) is 0 Å². The zero-order valence-electron chi connectivity index (χ0n) is 11.3. The minimum Gasteiger partial charge on any atom is -0.324 e. The average Bonchev–Trinajstić information content (AvgIpc) is 2.61. The summed E-state index contributed by atoms with van der Waals surface area (Å²) in [4.78, 5) is 9.24. The summed E-state index contributed by atoms with van der Waals surface area (Å²) in [6.45, 7) is 0. The summed E-state index contributed by atoms with van der Waals surface area (Å²) < 4.78 is 1.09. The molecule has 0 bridgehead atoms. The first kappa shape index (κ1) is 13.7. The number of halogens is 1. The Morgan fingerprint density at radius 1 is 1.30 bits per heavy atom. The molecule has 1 aliphatic rings. The van der Waals surface area contributed by atoms with Crippen LogP contribution in [0.3, 0.4) is 0 Å². The Hall–Kier alpha value is -1.26. The molecule has 0 amide bonds. The summed E-state index contributed by atoms with van der Waals surface area (Å²) in [5.74, 6) is 0.885. The van der Waals surface area contributed by atoms with Crippen LogP contribution < -0.4 is 5.73 Å². The zero-order valence-corrected chi connectivity index (χ0v) is 12.9. The van der Waals surface area contributed by atoms with Crippen molar-refractivity contribution in [3.8, 4) is 0 Å². The predicted molar refractivity (Wildman–Crippen MR) is 83.5 cm³/mol. The normalized spacial score (nSPS) is 18.4. The Morgan fingerprint density at radius 2 is 2.20 bits per heavy atom. The van der Waals surface area contributed by atoms with Gasteiger partial charge in [0.05, 0.1) is 0 Å². The van der Waals surface area contributed by atoms with Gasteiger partial charge in [0.25, 0.3) is 0 Å². The van der Waals surface area contributed by atoms with Gasteiger partial charge in [0.1, 0.15) is 5.82 Å². The highest BCUT2D eigenvalue weighted by atomic mass is 79.9. The Labute approximate surface area is 127 Å². The van der Waals surface area contributed by atoms with Crippen LogP contribution in [0.2, 0.25) is 0 Å². The molecule has 0 saturated heterocycles. The number of hydrogen-bond acceptors (Lipinski definition) is 3. The van der Waals surface area contributed by atoms with E-state index in [0.717, 1.165) is 40.8 Å². The van der Waals surface area contributed by atoms with Crippen molar-refractivity contribution in [3.05, 3.63) is 57.6 Å². The first-order valence-corrected chi connectivity index (χ1v) is 7.86. The molecule has 1 atom stereocenters. The largest absolute Gasteiger partial charge is 0.324 e. The Balaban J connectivity index is 1.86. The first-order valence-electron chi connectivity index (χ1n) is 7.07. The smallest absolute Gasteiger partial charge is 0.132 e. The fraction of sp³-hybridized carbons (Fsp3) is 0.375. The summed E-state index contributed by atoms with van der Waals surface area (Å²) in [5.41, 5.74) is 9.69. The van der Waals surface area contributed by atoms with Crippen molar-refractivity contribution in [1.29, 1.82) is 0 Å². The third kappa shape index (κ3) is 3.07. The molecule has 0 saturated carbocycles. The van der Waals surface area contributed by atoms with Gasteiger partial charge in [-0.15, -0.1) is 0 Å². The third-order valence-electron chi connectivity index (χ3n) is 3.78. The molecule has 0 aliphatic heterocycles. The highest BCUT2D eigenvalue weighted by Gasteiger charge is 2.17. The average molecular weight is 332 g/mol. The van der Waals surface area contributed by atoms with E-state index in [0.29, 0.717) is 0 Å². The lowest BCUT2D eigenvalue weighted by Gasteiger charge is -2.12. The SMILES string of the molecule is NC1CCCCc2nc(Cc3cccc(Br)c3)ncc21. The summed E-state index contributed by atoms with van der Waals surface area (Å²) in [7, 11) is 0. The highest BCUT2D eigenvalue weighted by Crippen LogP contribution is 2.25. The van der Waals surface area contributed by atoms with E-state index >= 15 is 0 Å². The molecular weight excluding hydrogens is 314 g/mol. The number of aromatic nitrogens is 2. The number of benzene rings is 1. The molecule has 0 radical (unpaired) electrons. The van der Waals surface area contributed by atoms with Gasteiger partial charge in [-0.3, -0.25) is 0 Å². The van der Waals surface area contributed by atoms with Gasteiger partial charge < -0.3 is 5.73 Å². The van der Waals surface area contributed by atoms with Crippen LogP contribution in [-0.4, -0.2) is 9.97 Å². The van der Waals surface area contributed by atoms with Crippen LogP contribution in [0.25, 0.3) is 0 Å². The molecule has 1 unspecified atom stereocenters. The van der Waals surface area contributed by atoms with Gasteiger partial charge in [-0.1, -0.05) is 34.5 Å². The molecule has 3 nitrogen and oxygen atoms in total. The van der Waals surface area contributed by atoms with Crippen LogP contribution in [-0.2, 0) is 12.8 Å². The second-order valence-corrected chi connectivity index (χ2v) is 6.26. The van der Waals surface area contributed by atoms with E-state index in [1.54, 1.807) is 0 Å². The molecule has 20 heavy (non-hydrogen) atoms. The zero-order chi connectivity index (χ0) is 13.9. The molecular formula is C16H18BrN3. The number of nitrogens with zero attached hydrogens (tertiary/aromatic N) is 2. The quantitative estimate of drug-likeness (QED) is 0.856. The van der Waals surface area contributed by atoms with Gasteiger partial charge >= 0.3 is 0 Å². The molecule has 1 heterocycles. The molecule has 0 fully saturated rings. The summed E-state index contributed by atoms with van der Waals surface area (Å²) in [6.07, 6.45) is 7.12. The molecule has 2 aromatic rings. The lowest BCUT2D eigenvalue weighted by atomic mass is 10.1. The Morgan fingerprint density at radius 3 is 3.05 bits per heavy atom. The summed E-state index contributed by atoms with van der Waals surface area (Å²) >= 11 is 3.50. The van der Waals surface area contributed by atoms with Crippen molar-refractivity contribution in [2.24, 2.45) is 5.73 Å². The van der Waals surface area contributed by atoms with E-state index in [1.807, 2.05) is 18.3 Å². The Kier molecular flexibility index (Phi) is 4.13. The first-order chi connectivity index (χ1) is 9.72. The topological polar surface area (TPSA) is 51.8 Å². The number of nitrogens with two attached hydrogens (primary N) is 1. The molecule has 104 valence electrons. The number of aryl methyl sites for hydroxylation is 1. The standard InChI is InChI=1S/C16H18BrN3/c17-12-5-3-4-11(8-12)9-16-19-10-13-14(18)6-1-2-7-15(13)20-16/h3-5,8,10,14H,1-2,6-7,9,18H2. The van der Waals surface area contributed by atoms with Crippen molar-refractivity contribution < 1.29 is 0 Å². The summed E-state index contributed by atoms with van der Waals surface area (Å²) in [5, 5.41) is 0. The number of fused-ring (bicyclic) bond motifs is 1. The van der Waals surface area contributed by atoms with Crippen molar-refractivity contribution in [2.75, 3.05) is 0 Å². The van der Waals surface area contributed by atoms with E-state index in [-0.39, 0.29) is 6.04 Å². The highest BCUT2D eigenvalue weighted by molar-refractivity contribution is 9.10. The molecule has 1 aromatic heterocycles. The van der Waals surface area contributed by atoms with Gasteiger partial charge in [0.15, 0.2) is 0 Å². The van der Waals surface area contributed by atoms with Crippen LogP contribution in [0, 0.1) is 0 Å². The predicted octanol–water partition coefficient (Wildman–Crippen LogP) is 3.56. The summed E-state index contributed by atoms with van der Waals surface area (Å²) in [6, 6.07) is 8.39. The molecule has 4 heteroatoms. The van der Waals surface area contributed by atoms with Crippen LogP contribution in [0.4, 0.5) is 0 Å². The number of hydrogen-bond donors (Lipinski definition) is 1. The minimum absolute atomic E-state index is 0.104. The number of rotatable bonds is 2. The van der Waals surface area contributed by atoms with E-state index in [4.69, 9.17) is 10.7 Å². The van der Waals surface area contributed by atoms with Crippen molar-refractivity contribution in [2.45, 2.75) is 38.1 Å². The van der Waals surface area contributed by atoms with Gasteiger partial charge in [-0.2, -0.15) is 0 Å². The molecule has 0 spiro atoms. The monoisotopic (exact) mass is 331 g/mol. The van der Waals surface area contributed by atoms with Crippen molar-refractivity contribution >= 4 is 15.9 Å². The van der Waals surface area contributed by atoms with Crippen molar-refractivity contribution in [1.82, 2.24) is 9.97 Å². The van der Waals surface area contributed by atoms with Crippen LogP contribution in [0.5, 0.6) is 0 Å². The second kappa shape index (κ2) is 6.02. The van der Waals surface area contributed by atoms with E-state index in [1.165, 1.54) is 18.4 Å². The Bertz CT molecular complexity index is 612. The molecule has 1 aromatic carbocycles. The maximum Gasteiger partial charge on any atom is 0.132 e. The van der Waals surface area contributed by atoms with Gasteiger partial charge in [0.2, 0.25) is 0 Å². The third-order valence-corrected chi connectivity index (χ3v) is 4.27. The van der Waals surface area contributed by atoms with E-state index < -0.39 is 0 Å². The minimum atomic E-state index is 0.104. The van der Waals surface area contributed by atoms with Crippen LogP contribution in [0.1, 0.15) is 47.9 Å². The van der Waals surface area contributed by atoms with Gasteiger partial charge in [-0.25, -0.2) is 9.97 Å². The lowest BCUT2D eigenvalue weighted by Crippen LogP contribution is -2.13. The fourth-order valence-electron chi connectivity index (χ4n) is 2.70. The van der Waals surface area contributed by atoms with E-state index in [9.17, 15) is 0 Å². The van der Waals surface area contributed by atoms with Gasteiger partial charge in [0, 0.05) is 34.4 Å². The molecule has 1 aliphatic carbocycles. The lowest BCUT2D eigenvalue weighted by molar-refractivity contribution is 0.614. The van der Waals surface area contributed by atoms with Crippen LogP contribution in [0.15, 0.2) is 34.9 Å². The van der Waals surface area contributed by atoms with E-state index in [2.05, 4.69) is 33.0 Å².